The second-order valence-corrected chi connectivity index (χ2v) is 8.48. The molecule has 3 amide bonds. The second-order valence-electron chi connectivity index (χ2n) is 8.48. The number of para-hydroxylation sites is 1. The summed E-state index contributed by atoms with van der Waals surface area (Å²) in [5, 5.41) is 3.09. The predicted octanol–water partition coefficient (Wildman–Crippen LogP) is 2.78. The Kier molecular flexibility index (Phi) is 6.72. The Bertz CT molecular complexity index is 913. The molecule has 1 atom stereocenters. The van der Waals surface area contributed by atoms with Gasteiger partial charge in [0.15, 0.2) is 0 Å². The lowest BCUT2D eigenvalue weighted by molar-refractivity contribution is 0.0169. The van der Waals surface area contributed by atoms with Crippen molar-refractivity contribution in [3.63, 3.8) is 0 Å². The van der Waals surface area contributed by atoms with Crippen molar-refractivity contribution in [3.05, 3.63) is 48.0 Å². The Labute approximate surface area is 182 Å². The summed E-state index contributed by atoms with van der Waals surface area (Å²) in [7, 11) is 3.49. The maximum absolute atomic E-state index is 13.1. The number of aryl methyl sites for hydroxylation is 1. The molecule has 1 N–H and O–H groups in total. The van der Waals surface area contributed by atoms with Gasteiger partial charge < -0.3 is 29.2 Å². The molecule has 0 radical (unpaired) electrons. The quantitative estimate of drug-likeness (QED) is 0.807. The van der Waals surface area contributed by atoms with E-state index in [9.17, 15) is 9.59 Å². The highest BCUT2D eigenvalue weighted by atomic mass is 16.6. The number of benzene rings is 1. The lowest BCUT2D eigenvalue weighted by Gasteiger charge is -2.36. The van der Waals surface area contributed by atoms with E-state index in [-0.39, 0.29) is 12.1 Å². The highest BCUT2D eigenvalue weighted by Crippen LogP contribution is 2.29. The van der Waals surface area contributed by atoms with Gasteiger partial charge in [0.25, 0.3) is 0 Å². The van der Waals surface area contributed by atoms with Gasteiger partial charge in [-0.25, -0.2) is 14.6 Å². The van der Waals surface area contributed by atoms with E-state index < -0.39 is 11.6 Å². The Morgan fingerprint density at radius 2 is 1.74 bits per heavy atom. The molecule has 1 unspecified atom stereocenters. The average Bonchev–Trinajstić information content (AvgIpc) is 3.16. The number of nitrogens with zero attached hydrogens (tertiary/aromatic N) is 4. The lowest BCUT2D eigenvalue weighted by Crippen LogP contribution is -2.54. The summed E-state index contributed by atoms with van der Waals surface area (Å²) < 4.78 is 12.8. The van der Waals surface area contributed by atoms with Gasteiger partial charge in [-0.3, -0.25) is 0 Å². The first-order valence-electron chi connectivity index (χ1n) is 10.3. The molecule has 9 heteroatoms. The van der Waals surface area contributed by atoms with Crippen LogP contribution in [0.15, 0.2) is 36.7 Å². The molecule has 168 valence electrons. The molecule has 1 saturated heterocycles. The molecule has 31 heavy (non-hydrogen) atoms. The summed E-state index contributed by atoms with van der Waals surface area (Å²) in [5.74, 6) is 1.37. The number of hydrogen-bond acceptors (Lipinski definition) is 5. The number of nitrogens with one attached hydrogen (secondary N) is 1. The van der Waals surface area contributed by atoms with E-state index >= 15 is 0 Å². The second kappa shape index (κ2) is 9.28. The summed E-state index contributed by atoms with van der Waals surface area (Å²) in [4.78, 5) is 33.1. The van der Waals surface area contributed by atoms with Crippen molar-refractivity contribution in [2.75, 3.05) is 33.3 Å². The molecule has 0 spiro atoms. The molecule has 1 aliphatic rings. The monoisotopic (exact) mass is 429 g/mol. The van der Waals surface area contributed by atoms with E-state index in [4.69, 9.17) is 9.47 Å². The van der Waals surface area contributed by atoms with Crippen LogP contribution < -0.4 is 10.1 Å². The number of ether oxygens (including phenoxy) is 2. The van der Waals surface area contributed by atoms with Gasteiger partial charge >= 0.3 is 12.1 Å². The number of imidazole rings is 1. The molecular weight excluding hydrogens is 398 g/mol. The van der Waals surface area contributed by atoms with Crippen molar-refractivity contribution < 1.29 is 19.1 Å². The minimum absolute atomic E-state index is 0.220. The van der Waals surface area contributed by atoms with Gasteiger partial charge in [0.2, 0.25) is 0 Å². The van der Waals surface area contributed by atoms with E-state index in [1.807, 2.05) is 62.8 Å². The predicted molar refractivity (Wildman–Crippen MR) is 116 cm³/mol. The molecule has 1 fully saturated rings. The zero-order chi connectivity index (χ0) is 22.6. The van der Waals surface area contributed by atoms with Gasteiger partial charge in [-0.15, -0.1) is 0 Å². The number of urea groups is 1. The van der Waals surface area contributed by atoms with Crippen molar-refractivity contribution in [3.8, 4) is 5.75 Å². The maximum atomic E-state index is 13.1. The van der Waals surface area contributed by atoms with Gasteiger partial charge in [-0.2, -0.15) is 0 Å². The molecule has 1 aromatic carbocycles. The van der Waals surface area contributed by atoms with E-state index in [0.717, 1.165) is 5.56 Å². The molecule has 2 aromatic rings. The lowest BCUT2D eigenvalue weighted by atomic mass is 10.0. The summed E-state index contributed by atoms with van der Waals surface area (Å²) in [6.07, 6.45) is 3.18. The van der Waals surface area contributed by atoms with Crippen LogP contribution in [0.2, 0.25) is 0 Å². The number of hydrogen-bond donors (Lipinski definition) is 1. The van der Waals surface area contributed by atoms with Crippen molar-refractivity contribution in [2.45, 2.75) is 32.4 Å². The molecule has 0 saturated carbocycles. The fourth-order valence-electron chi connectivity index (χ4n) is 3.47. The Morgan fingerprint density at radius 1 is 1.10 bits per heavy atom. The largest absolute Gasteiger partial charge is 0.496 e. The third-order valence-electron chi connectivity index (χ3n) is 5.05. The first kappa shape index (κ1) is 22.5. The Morgan fingerprint density at radius 3 is 2.32 bits per heavy atom. The maximum Gasteiger partial charge on any atom is 0.410 e. The third kappa shape index (κ3) is 5.48. The first-order valence-corrected chi connectivity index (χ1v) is 10.3. The van der Waals surface area contributed by atoms with Crippen LogP contribution in [0.4, 0.5) is 9.59 Å². The number of methoxy groups -OCH3 is 1. The average molecular weight is 430 g/mol. The minimum Gasteiger partial charge on any atom is -0.496 e. The number of carbonyl (C=O) groups excluding carboxylic acids is 2. The van der Waals surface area contributed by atoms with Crippen LogP contribution in [0.5, 0.6) is 5.75 Å². The van der Waals surface area contributed by atoms with Crippen molar-refractivity contribution in [1.29, 1.82) is 0 Å². The summed E-state index contributed by atoms with van der Waals surface area (Å²) >= 11 is 0. The number of aromatic nitrogens is 2. The number of carbonyl (C=O) groups is 2. The highest BCUT2D eigenvalue weighted by Gasteiger charge is 2.30. The van der Waals surface area contributed by atoms with Crippen LogP contribution in [-0.4, -0.2) is 70.4 Å². The van der Waals surface area contributed by atoms with Crippen molar-refractivity contribution in [1.82, 2.24) is 24.7 Å². The standard InChI is InChI=1S/C22H31N5O4/c1-22(2,3)31-21(29)27-14-12-26(13-15-27)20(28)24-18(19-23-10-11-25(19)4)16-8-6-7-9-17(16)30-5/h6-11,18H,12-15H2,1-5H3,(H,24,28). The van der Waals surface area contributed by atoms with Crippen LogP contribution in [-0.2, 0) is 11.8 Å². The van der Waals surface area contributed by atoms with Crippen LogP contribution in [0.1, 0.15) is 38.2 Å². The number of piperazine rings is 1. The smallest absolute Gasteiger partial charge is 0.410 e. The fraction of sp³-hybridized carbons (Fsp3) is 0.500. The van der Waals surface area contributed by atoms with Gasteiger partial charge in [-0.05, 0) is 26.8 Å². The molecule has 9 nitrogen and oxygen atoms in total. The van der Waals surface area contributed by atoms with E-state index in [0.29, 0.717) is 37.8 Å². The summed E-state index contributed by atoms with van der Waals surface area (Å²) in [6.45, 7) is 7.20. The molecule has 0 bridgehead atoms. The SMILES string of the molecule is COc1ccccc1C(NC(=O)N1CCN(C(=O)OC(C)(C)C)CC1)c1nccn1C. The zero-order valence-corrected chi connectivity index (χ0v) is 18.8. The fourth-order valence-corrected chi connectivity index (χ4v) is 3.47. The van der Waals surface area contributed by atoms with Crippen LogP contribution in [0, 0.1) is 0 Å². The zero-order valence-electron chi connectivity index (χ0n) is 18.8. The van der Waals surface area contributed by atoms with Crippen molar-refractivity contribution >= 4 is 12.1 Å². The summed E-state index contributed by atoms with van der Waals surface area (Å²) in [5.41, 5.74) is 0.273. The Hall–Kier alpha value is -3.23. The molecule has 1 aromatic heterocycles. The van der Waals surface area contributed by atoms with E-state index in [2.05, 4.69) is 10.3 Å². The van der Waals surface area contributed by atoms with E-state index in [1.54, 1.807) is 23.1 Å². The van der Waals surface area contributed by atoms with Crippen LogP contribution in [0.3, 0.4) is 0 Å². The van der Waals surface area contributed by atoms with Crippen molar-refractivity contribution in [2.24, 2.45) is 7.05 Å². The van der Waals surface area contributed by atoms with Crippen LogP contribution >= 0.6 is 0 Å². The first-order chi connectivity index (χ1) is 14.7. The topological polar surface area (TPSA) is 88.9 Å². The number of amides is 3. The van der Waals surface area contributed by atoms with Gasteiger partial charge in [0.1, 0.15) is 23.2 Å². The number of rotatable bonds is 4. The molecule has 3 rings (SSSR count). The molecule has 1 aliphatic heterocycles. The Balaban J connectivity index is 1.71. The van der Waals surface area contributed by atoms with E-state index in [1.165, 1.54) is 0 Å². The summed E-state index contributed by atoms with van der Waals surface area (Å²) in [6, 6.07) is 6.86. The normalized spacial score (nSPS) is 15.4. The minimum atomic E-state index is -0.546. The molecular formula is C22H31N5O4. The van der Waals surface area contributed by atoms with Gasteiger partial charge in [0, 0.05) is 51.2 Å². The third-order valence-corrected chi connectivity index (χ3v) is 5.05. The molecule has 0 aliphatic carbocycles. The van der Waals surface area contributed by atoms with Gasteiger partial charge in [-0.1, -0.05) is 18.2 Å². The van der Waals surface area contributed by atoms with Gasteiger partial charge in [0.05, 0.1) is 7.11 Å². The highest BCUT2D eigenvalue weighted by molar-refractivity contribution is 5.76. The van der Waals surface area contributed by atoms with Crippen LogP contribution in [0.25, 0.3) is 0 Å². The molecule has 2 heterocycles.